The lowest BCUT2D eigenvalue weighted by molar-refractivity contribution is 0.238. The van der Waals surface area contributed by atoms with E-state index in [-0.39, 0.29) is 5.82 Å². The Labute approximate surface area is 113 Å². The van der Waals surface area contributed by atoms with Crippen LogP contribution >= 0.6 is 0 Å². The van der Waals surface area contributed by atoms with Crippen LogP contribution in [0.5, 0.6) is 0 Å². The molecule has 19 heavy (non-hydrogen) atoms. The summed E-state index contributed by atoms with van der Waals surface area (Å²) in [6, 6.07) is 0. The summed E-state index contributed by atoms with van der Waals surface area (Å²) >= 11 is 0. The van der Waals surface area contributed by atoms with Crippen molar-refractivity contribution in [2.45, 2.75) is 25.1 Å². The van der Waals surface area contributed by atoms with E-state index in [1.807, 2.05) is 0 Å². The maximum Gasteiger partial charge on any atom is 0.240 e. The first-order chi connectivity index (χ1) is 8.97. The van der Waals surface area contributed by atoms with Gasteiger partial charge in [0.25, 0.3) is 0 Å². The van der Waals surface area contributed by atoms with Gasteiger partial charge in [0.15, 0.2) is 15.7 Å². The van der Waals surface area contributed by atoms with E-state index in [1.165, 1.54) is 6.26 Å². The summed E-state index contributed by atoms with van der Waals surface area (Å²) < 4.78 is 28.0. The van der Waals surface area contributed by atoms with Crippen LogP contribution in [-0.2, 0) is 16.4 Å². The number of rotatable bonds is 4. The second-order valence-corrected chi connectivity index (χ2v) is 7.26. The zero-order valence-corrected chi connectivity index (χ0v) is 12.1. The van der Waals surface area contributed by atoms with Crippen LogP contribution in [0.15, 0.2) is 4.52 Å². The Balaban J connectivity index is 2.00. The molecule has 1 saturated heterocycles. The number of nitrogens with one attached hydrogen (secondary N) is 1. The second-order valence-electron chi connectivity index (χ2n) is 4.90. The predicted octanol–water partition coefficient (Wildman–Crippen LogP) is -0.0295. The molecular weight excluding hydrogens is 268 g/mol. The largest absolute Gasteiger partial charge is 0.338 e. The molecule has 1 aromatic heterocycles. The predicted molar refractivity (Wildman–Crippen MR) is 70.3 cm³/mol. The fourth-order valence-corrected chi connectivity index (χ4v) is 2.42. The minimum Gasteiger partial charge on any atom is -0.338 e. The molecule has 0 bridgehead atoms. The van der Waals surface area contributed by atoms with Gasteiger partial charge in [-0.15, -0.1) is 0 Å². The van der Waals surface area contributed by atoms with Crippen LogP contribution in [0.3, 0.4) is 0 Å². The average Bonchev–Trinajstić information content (AvgIpc) is 2.63. The fourth-order valence-electron chi connectivity index (χ4n) is 1.94. The maximum atomic E-state index is 11.4. The average molecular weight is 288 g/mol. The molecule has 1 N–H and O–H groups in total. The van der Waals surface area contributed by atoms with E-state index in [0.29, 0.717) is 12.4 Å². The van der Waals surface area contributed by atoms with Crippen LogP contribution in [0.4, 0.5) is 0 Å². The first kappa shape index (κ1) is 14.4. The molecule has 1 aliphatic rings. The van der Waals surface area contributed by atoms with Gasteiger partial charge in [0.2, 0.25) is 5.89 Å². The van der Waals surface area contributed by atoms with E-state index in [2.05, 4.69) is 20.4 Å². The van der Waals surface area contributed by atoms with Gasteiger partial charge in [-0.05, 0) is 26.4 Å². The summed E-state index contributed by atoms with van der Waals surface area (Å²) in [6.07, 6.45) is 2.26. The Morgan fingerprint density at radius 2 is 2.21 bits per heavy atom. The molecule has 1 atom stereocenters. The topological polar surface area (TPSA) is 88.3 Å². The van der Waals surface area contributed by atoms with Gasteiger partial charge in [0.05, 0.1) is 6.54 Å². The standard InChI is InChI=1S/C11H20N4O3S/c1-9(19(2,16)17)11-13-10(18-14-11)8-15-6-3-4-12-5-7-15/h9,12H,3-8H2,1-2H3. The molecule has 0 aromatic carbocycles. The van der Waals surface area contributed by atoms with Crippen LogP contribution in [0.1, 0.15) is 30.3 Å². The van der Waals surface area contributed by atoms with Gasteiger partial charge in [-0.3, -0.25) is 4.90 Å². The molecule has 7 nitrogen and oxygen atoms in total. The van der Waals surface area contributed by atoms with Gasteiger partial charge in [-0.25, -0.2) is 8.42 Å². The number of hydrogen-bond acceptors (Lipinski definition) is 7. The molecule has 8 heteroatoms. The third-order valence-electron chi connectivity index (χ3n) is 3.28. The van der Waals surface area contributed by atoms with Crippen LogP contribution in [0.2, 0.25) is 0 Å². The van der Waals surface area contributed by atoms with Crippen molar-refractivity contribution >= 4 is 9.84 Å². The number of nitrogens with zero attached hydrogens (tertiary/aromatic N) is 3. The minimum atomic E-state index is -3.19. The summed E-state index contributed by atoms with van der Waals surface area (Å²) in [7, 11) is -3.19. The zero-order valence-electron chi connectivity index (χ0n) is 11.3. The summed E-state index contributed by atoms with van der Waals surface area (Å²) in [6.45, 7) is 6.02. The molecule has 0 amide bonds. The van der Waals surface area contributed by atoms with E-state index in [4.69, 9.17) is 4.52 Å². The molecule has 1 fully saturated rings. The van der Waals surface area contributed by atoms with Crippen molar-refractivity contribution in [2.75, 3.05) is 32.4 Å². The first-order valence-corrected chi connectivity index (χ1v) is 8.36. The third-order valence-corrected chi connectivity index (χ3v) is 4.78. The smallest absolute Gasteiger partial charge is 0.240 e. The number of aromatic nitrogens is 2. The molecule has 0 aliphatic carbocycles. The monoisotopic (exact) mass is 288 g/mol. The molecule has 2 rings (SSSR count). The van der Waals surface area contributed by atoms with Gasteiger partial charge in [-0.2, -0.15) is 4.98 Å². The van der Waals surface area contributed by atoms with Crippen molar-refractivity contribution in [3.63, 3.8) is 0 Å². The van der Waals surface area contributed by atoms with Gasteiger partial charge < -0.3 is 9.84 Å². The zero-order chi connectivity index (χ0) is 13.9. The Morgan fingerprint density at radius 3 is 2.95 bits per heavy atom. The number of sulfone groups is 1. The molecular formula is C11H20N4O3S. The quantitative estimate of drug-likeness (QED) is 0.832. The van der Waals surface area contributed by atoms with Crippen molar-refractivity contribution in [1.82, 2.24) is 20.4 Å². The lowest BCUT2D eigenvalue weighted by atomic mass is 10.4. The summed E-state index contributed by atoms with van der Waals surface area (Å²) in [5, 5.41) is 6.36. The molecule has 0 radical (unpaired) electrons. The van der Waals surface area contributed by atoms with E-state index in [1.54, 1.807) is 6.92 Å². The lowest BCUT2D eigenvalue weighted by Gasteiger charge is -2.16. The van der Waals surface area contributed by atoms with Gasteiger partial charge in [0.1, 0.15) is 5.25 Å². The molecule has 0 saturated carbocycles. The van der Waals surface area contributed by atoms with Gasteiger partial charge >= 0.3 is 0 Å². The van der Waals surface area contributed by atoms with Crippen molar-refractivity contribution in [1.29, 1.82) is 0 Å². The van der Waals surface area contributed by atoms with Gasteiger partial charge in [-0.1, -0.05) is 5.16 Å². The van der Waals surface area contributed by atoms with Crippen molar-refractivity contribution in [2.24, 2.45) is 0 Å². The molecule has 2 heterocycles. The summed E-state index contributed by atoms with van der Waals surface area (Å²) in [5.74, 6) is 0.720. The molecule has 1 unspecified atom stereocenters. The number of hydrogen-bond donors (Lipinski definition) is 1. The molecule has 1 aromatic rings. The second kappa shape index (κ2) is 5.98. The highest BCUT2D eigenvalue weighted by atomic mass is 32.2. The maximum absolute atomic E-state index is 11.4. The van der Waals surface area contributed by atoms with Crippen LogP contribution in [0, 0.1) is 0 Å². The van der Waals surface area contributed by atoms with Crippen molar-refractivity contribution < 1.29 is 12.9 Å². The Morgan fingerprint density at radius 1 is 1.42 bits per heavy atom. The highest BCUT2D eigenvalue weighted by molar-refractivity contribution is 7.90. The SMILES string of the molecule is CC(c1noc(CN2CCCNCC2)n1)S(C)(=O)=O. The lowest BCUT2D eigenvalue weighted by Crippen LogP contribution is -2.27. The highest BCUT2D eigenvalue weighted by Gasteiger charge is 2.23. The molecule has 1 aliphatic heterocycles. The Bertz CT molecular complexity index is 506. The van der Waals surface area contributed by atoms with Gasteiger partial charge in [0, 0.05) is 19.3 Å². The fraction of sp³-hybridized carbons (Fsp3) is 0.818. The minimum absolute atomic E-state index is 0.241. The van der Waals surface area contributed by atoms with E-state index < -0.39 is 15.1 Å². The van der Waals surface area contributed by atoms with Crippen LogP contribution in [-0.4, -0.2) is 55.9 Å². The van der Waals surface area contributed by atoms with Crippen LogP contribution < -0.4 is 5.32 Å². The van der Waals surface area contributed by atoms with E-state index in [9.17, 15) is 8.42 Å². The van der Waals surface area contributed by atoms with Crippen LogP contribution in [0.25, 0.3) is 0 Å². The molecule has 0 spiro atoms. The molecule has 108 valence electrons. The normalized spacial score (nSPS) is 20.1. The third kappa shape index (κ3) is 3.99. The Kier molecular flexibility index (Phi) is 4.54. The van der Waals surface area contributed by atoms with Crippen molar-refractivity contribution in [3.8, 4) is 0 Å². The summed E-state index contributed by atoms with van der Waals surface area (Å²) in [5.41, 5.74) is 0. The van der Waals surface area contributed by atoms with Crippen molar-refractivity contribution in [3.05, 3.63) is 11.7 Å². The Hall–Kier alpha value is -0.990. The summed E-state index contributed by atoms with van der Waals surface area (Å²) in [4.78, 5) is 6.41. The van der Waals surface area contributed by atoms with E-state index in [0.717, 1.165) is 32.6 Å². The highest BCUT2D eigenvalue weighted by Crippen LogP contribution is 2.18. The first-order valence-electron chi connectivity index (χ1n) is 6.41. The van der Waals surface area contributed by atoms with E-state index >= 15 is 0 Å².